The highest BCUT2D eigenvalue weighted by Gasteiger charge is 2.09. The number of aryl methyl sites for hydroxylation is 1. The second-order valence-electron chi connectivity index (χ2n) is 4.27. The fourth-order valence-electron chi connectivity index (χ4n) is 1.83. The fraction of sp³-hybridized carbons (Fsp3) is 0.231. The fourth-order valence-corrected chi connectivity index (χ4v) is 2.73. The molecule has 92 valence electrons. The molecule has 0 bridgehead atoms. The zero-order chi connectivity index (χ0) is 12.5. The molecule has 0 spiro atoms. The van der Waals surface area contributed by atoms with Crippen LogP contribution in [0.1, 0.15) is 11.3 Å². The molecule has 0 fully saturated rings. The molecule has 0 amide bonds. The first-order chi connectivity index (χ1) is 8.76. The third-order valence-electron chi connectivity index (χ3n) is 2.79. The van der Waals surface area contributed by atoms with Crippen LogP contribution in [0.25, 0.3) is 15.5 Å². The Morgan fingerprint density at radius 3 is 2.72 bits per heavy atom. The molecule has 5 heteroatoms. The van der Waals surface area contributed by atoms with Crippen LogP contribution >= 0.6 is 11.3 Å². The van der Waals surface area contributed by atoms with Gasteiger partial charge in [-0.25, -0.2) is 9.50 Å². The average molecular weight is 258 g/mol. The summed E-state index contributed by atoms with van der Waals surface area (Å²) in [6.07, 6.45) is 2.76. The molecule has 3 rings (SSSR count). The van der Waals surface area contributed by atoms with E-state index in [1.807, 2.05) is 10.7 Å². The molecule has 18 heavy (non-hydrogen) atoms. The number of hydrogen-bond donors (Lipinski definition) is 1. The molecule has 2 heterocycles. The molecule has 0 aliphatic carbocycles. The standard InChI is InChI=1S/C13H14N4S/c1-9-2-4-10(5-3-9)12-16-17-8-11(6-7-14)15-13(17)18-12/h2-5,8H,6-7,14H2,1H3. The molecular weight excluding hydrogens is 244 g/mol. The number of aromatic nitrogens is 3. The summed E-state index contributed by atoms with van der Waals surface area (Å²) in [5.74, 6) is 0. The van der Waals surface area contributed by atoms with E-state index >= 15 is 0 Å². The van der Waals surface area contributed by atoms with Gasteiger partial charge in [-0.15, -0.1) is 0 Å². The van der Waals surface area contributed by atoms with E-state index in [0.717, 1.165) is 27.6 Å². The highest BCUT2D eigenvalue weighted by atomic mass is 32.1. The summed E-state index contributed by atoms with van der Waals surface area (Å²) in [4.78, 5) is 5.43. The van der Waals surface area contributed by atoms with Gasteiger partial charge in [0.05, 0.1) is 11.9 Å². The smallest absolute Gasteiger partial charge is 0.212 e. The minimum atomic E-state index is 0.621. The Morgan fingerprint density at radius 1 is 1.28 bits per heavy atom. The van der Waals surface area contributed by atoms with Gasteiger partial charge in [0.2, 0.25) is 4.96 Å². The monoisotopic (exact) mass is 258 g/mol. The van der Waals surface area contributed by atoms with Crippen molar-refractivity contribution < 1.29 is 0 Å². The van der Waals surface area contributed by atoms with Crippen LogP contribution in [0.15, 0.2) is 30.5 Å². The third kappa shape index (κ3) is 2.02. The van der Waals surface area contributed by atoms with Crippen molar-refractivity contribution in [2.75, 3.05) is 6.54 Å². The number of imidazole rings is 1. The maximum absolute atomic E-state index is 5.52. The largest absolute Gasteiger partial charge is 0.330 e. The number of fused-ring (bicyclic) bond motifs is 1. The van der Waals surface area contributed by atoms with Gasteiger partial charge in [0, 0.05) is 12.0 Å². The van der Waals surface area contributed by atoms with Gasteiger partial charge in [0.15, 0.2) is 0 Å². The van der Waals surface area contributed by atoms with Crippen molar-refractivity contribution in [3.63, 3.8) is 0 Å². The Hall–Kier alpha value is -1.72. The zero-order valence-corrected chi connectivity index (χ0v) is 10.9. The SMILES string of the molecule is Cc1ccc(-c2nn3cc(CCN)nc3s2)cc1. The molecule has 0 radical (unpaired) electrons. The van der Waals surface area contributed by atoms with E-state index in [1.54, 1.807) is 11.3 Å². The van der Waals surface area contributed by atoms with Crippen LogP contribution in [0.2, 0.25) is 0 Å². The Labute approximate surface area is 109 Å². The topological polar surface area (TPSA) is 56.2 Å². The van der Waals surface area contributed by atoms with Gasteiger partial charge < -0.3 is 5.73 Å². The van der Waals surface area contributed by atoms with Crippen LogP contribution in [-0.2, 0) is 6.42 Å². The molecule has 0 unspecified atom stereocenters. The van der Waals surface area contributed by atoms with E-state index in [4.69, 9.17) is 5.73 Å². The Morgan fingerprint density at radius 2 is 2.06 bits per heavy atom. The summed E-state index contributed by atoms with van der Waals surface area (Å²) in [5, 5.41) is 5.54. The average Bonchev–Trinajstić information content (AvgIpc) is 2.88. The summed E-state index contributed by atoms with van der Waals surface area (Å²) < 4.78 is 1.84. The normalized spacial score (nSPS) is 11.2. The van der Waals surface area contributed by atoms with E-state index in [-0.39, 0.29) is 0 Å². The molecule has 0 aliphatic heterocycles. The molecule has 3 aromatic rings. The van der Waals surface area contributed by atoms with Crippen molar-refractivity contribution in [3.05, 3.63) is 41.7 Å². The van der Waals surface area contributed by atoms with Crippen molar-refractivity contribution in [3.8, 4) is 10.6 Å². The van der Waals surface area contributed by atoms with Gasteiger partial charge in [0.1, 0.15) is 5.01 Å². The molecular formula is C13H14N4S. The van der Waals surface area contributed by atoms with Crippen molar-refractivity contribution >= 4 is 16.3 Å². The predicted molar refractivity (Wildman–Crippen MR) is 73.8 cm³/mol. The van der Waals surface area contributed by atoms with E-state index < -0.39 is 0 Å². The summed E-state index contributed by atoms with van der Waals surface area (Å²) in [7, 11) is 0. The quantitative estimate of drug-likeness (QED) is 0.784. The van der Waals surface area contributed by atoms with Gasteiger partial charge in [0.25, 0.3) is 0 Å². The van der Waals surface area contributed by atoms with Crippen molar-refractivity contribution in [2.24, 2.45) is 5.73 Å². The van der Waals surface area contributed by atoms with E-state index in [9.17, 15) is 0 Å². The maximum atomic E-state index is 5.52. The van der Waals surface area contributed by atoms with Crippen LogP contribution in [-0.4, -0.2) is 21.1 Å². The molecule has 2 N–H and O–H groups in total. The van der Waals surface area contributed by atoms with Crippen LogP contribution in [0.5, 0.6) is 0 Å². The molecule has 0 atom stereocenters. The van der Waals surface area contributed by atoms with Gasteiger partial charge in [-0.05, 0) is 13.5 Å². The predicted octanol–water partition coefficient (Wildman–Crippen LogP) is 2.27. The molecule has 1 aromatic carbocycles. The molecule has 2 aromatic heterocycles. The van der Waals surface area contributed by atoms with Gasteiger partial charge in [-0.1, -0.05) is 41.2 Å². The Bertz CT molecular complexity index is 634. The molecule has 4 nitrogen and oxygen atoms in total. The lowest BCUT2D eigenvalue weighted by Crippen LogP contribution is -2.02. The second kappa shape index (κ2) is 4.51. The first-order valence-electron chi connectivity index (χ1n) is 5.88. The minimum absolute atomic E-state index is 0.621. The highest BCUT2D eigenvalue weighted by molar-refractivity contribution is 7.19. The van der Waals surface area contributed by atoms with E-state index in [1.165, 1.54) is 5.56 Å². The van der Waals surface area contributed by atoms with E-state index in [0.29, 0.717) is 6.54 Å². The van der Waals surface area contributed by atoms with Gasteiger partial charge in [-0.3, -0.25) is 0 Å². The van der Waals surface area contributed by atoms with E-state index in [2.05, 4.69) is 41.3 Å². The summed E-state index contributed by atoms with van der Waals surface area (Å²) in [6, 6.07) is 8.38. The number of benzene rings is 1. The Kier molecular flexibility index (Phi) is 2.85. The molecule has 0 saturated carbocycles. The first-order valence-corrected chi connectivity index (χ1v) is 6.70. The number of nitrogens with two attached hydrogens (primary N) is 1. The number of nitrogens with zero attached hydrogens (tertiary/aromatic N) is 3. The lowest BCUT2D eigenvalue weighted by atomic mass is 10.2. The molecule has 0 saturated heterocycles. The summed E-state index contributed by atoms with van der Waals surface area (Å²) in [5.41, 5.74) is 8.92. The van der Waals surface area contributed by atoms with Crippen molar-refractivity contribution in [1.29, 1.82) is 0 Å². The van der Waals surface area contributed by atoms with Crippen LogP contribution in [0.3, 0.4) is 0 Å². The minimum Gasteiger partial charge on any atom is -0.330 e. The second-order valence-corrected chi connectivity index (χ2v) is 5.23. The van der Waals surface area contributed by atoms with Crippen LogP contribution in [0.4, 0.5) is 0 Å². The van der Waals surface area contributed by atoms with Crippen molar-refractivity contribution in [1.82, 2.24) is 14.6 Å². The van der Waals surface area contributed by atoms with Crippen LogP contribution in [0, 0.1) is 6.92 Å². The summed E-state index contributed by atoms with van der Waals surface area (Å²) >= 11 is 1.60. The Balaban J connectivity index is 1.98. The van der Waals surface area contributed by atoms with Gasteiger partial charge >= 0.3 is 0 Å². The van der Waals surface area contributed by atoms with Gasteiger partial charge in [-0.2, -0.15) is 5.10 Å². The number of rotatable bonds is 3. The lowest BCUT2D eigenvalue weighted by Gasteiger charge is -1.95. The summed E-state index contributed by atoms with van der Waals surface area (Å²) in [6.45, 7) is 2.70. The number of hydrogen-bond acceptors (Lipinski definition) is 4. The third-order valence-corrected chi connectivity index (χ3v) is 3.76. The van der Waals surface area contributed by atoms with Crippen LogP contribution < -0.4 is 5.73 Å². The van der Waals surface area contributed by atoms with Crippen molar-refractivity contribution in [2.45, 2.75) is 13.3 Å². The maximum Gasteiger partial charge on any atom is 0.212 e. The highest BCUT2D eigenvalue weighted by Crippen LogP contribution is 2.25. The zero-order valence-electron chi connectivity index (χ0n) is 10.1. The lowest BCUT2D eigenvalue weighted by molar-refractivity contribution is 0.924. The molecule has 0 aliphatic rings. The first kappa shape index (κ1) is 11.4.